The van der Waals surface area contributed by atoms with Crippen LogP contribution in [-0.4, -0.2) is 82.6 Å². The number of nitrogens with one attached hydrogen (secondary N) is 3. The number of hydrogen-bond donors (Lipinski definition) is 7. The molecule has 0 rings (SSSR count). The normalized spacial score (nSPS) is 14.8. The number of amides is 4. The van der Waals surface area contributed by atoms with Gasteiger partial charge in [0, 0.05) is 6.42 Å². The van der Waals surface area contributed by atoms with E-state index >= 15 is 0 Å². The highest BCUT2D eigenvalue weighted by atomic mass is 32.2. The van der Waals surface area contributed by atoms with Crippen molar-refractivity contribution in [3.63, 3.8) is 0 Å². The van der Waals surface area contributed by atoms with Crippen molar-refractivity contribution in [2.45, 2.75) is 57.3 Å². The molecule has 0 fully saturated rings. The van der Waals surface area contributed by atoms with Crippen LogP contribution in [0, 0.1) is 5.92 Å². The van der Waals surface area contributed by atoms with Gasteiger partial charge in [0.1, 0.15) is 18.1 Å². The van der Waals surface area contributed by atoms with Gasteiger partial charge in [-0.1, -0.05) is 13.8 Å². The second kappa shape index (κ2) is 14.6. The topological polar surface area (TPSA) is 214 Å². The Labute approximate surface area is 185 Å². The minimum atomic E-state index is -1.46. The van der Waals surface area contributed by atoms with E-state index < -0.39 is 60.4 Å². The van der Waals surface area contributed by atoms with Crippen LogP contribution >= 0.6 is 11.8 Å². The zero-order valence-corrected chi connectivity index (χ0v) is 18.7. The van der Waals surface area contributed by atoms with Crippen LogP contribution < -0.4 is 27.4 Å². The zero-order valence-electron chi connectivity index (χ0n) is 17.9. The van der Waals surface area contributed by atoms with Crippen molar-refractivity contribution in [1.82, 2.24) is 16.0 Å². The van der Waals surface area contributed by atoms with Crippen LogP contribution in [-0.2, 0) is 24.0 Å². The maximum absolute atomic E-state index is 12.6. The number of thioether (sulfide) groups is 1. The minimum absolute atomic E-state index is 0.159. The summed E-state index contributed by atoms with van der Waals surface area (Å²) in [6.07, 6.45) is 1.55. The predicted molar refractivity (Wildman–Crippen MR) is 115 cm³/mol. The molecular weight excluding hydrogens is 430 g/mol. The first-order valence-electron chi connectivity index (χ1n) is 9.72. The Balaban J connectivity index is 5.19. The first-order chi connectivity index (χ1) is 14.4. The third kappa shape index (κ3) is 11.0. The van der Waals surface area contributed by atoms with E-state index in [0.29, 0.717) is 5.75 Å². The van der Waals surface area contributed by atoms with E-state index in [-0.39, 0.29) is 25.2 Å². The van der Waals surface area contributed by atoms with Gasteiger partial charge in [0.05, 0.1) is 12.6 Å². The molecular formula is C18H33N5O7S. The van der Waals surface area contributed by atoms with Crippen LogP contribution in [0.5, 0.6) is 0 Å². The number of carbonyl (C=O) groups is 5. The second-order valence-electron chi connectivity index (χ2n) is 7.26. The standard InChI is InChI=1S/C18H33N5O7S/c1-9(2)14(20)17(28)21-10(6-7-31-3)15(26)23-12(8-24)16(27)22-11(18(29)30)4-5-13(19)25/h9-12,14,24H,4-8,20H2,1-3H3,(H2,19,25)(H,21,28)(H,22,27)(H,23,26)(H,29,30). The summed E-state index contributed by atoms with van der Waals surface area (Å²) in [5.41, 5.74) is 10.8. The van der Waals surface area contributed by atoms with Crippen LogP contribution in [0.2, 0.25) is 0 Å². The molecule has 0 radical (unpaired) electrons. The smallest absolute Gasteiger partial charge is 0.326 e. The average Bonchev–Trinajstić information content (AvgIpc) is 2.70. The minimum Gasteiger partial charge on any atom is -0.480 e. The lowest BCUT2D eigenvalue weighted by Gasteiger charge is -2.25. The highest BCUT2D eigenvalue weighted by Crippen LogP contribution is 2.05. The Morgan fingerprint density at radius 3 is 1.87 bits per heavy atom. The SMILES string of the molecule is CSCCC(NC(=O)C(N)C(C)C)C(=O)NC(CO)C(=O)NC(CCC(N)=O)C(=O)O. The Kier molecular flexibility index (Phi) is 13.5. The number of carboxylic acid groups (broad SMARTS) is 1. The van der Waals surface area contributed by atoms with E-state index in [0.717, 1.165) is 0 Å². The van der Waals surface area contributed by atoms with Crippen molar-refractivity contribution in [2.24, 2.45) is 17.4 Å². The lowest BCUT2D eigenvalue weighted by molar-refractivity contribution is -0.143. The molecule has 178 valence electrons. The molecule has 0 heterocycles. The van der Waals surface area contributed by atoms with Crippen LogP contribution in [0.3, 0.4) is 0 Å². The van der Waals surface area contributed by atoms with Gasteiger partial charge in [0.2, 0.25) is 23.6 Å². The number of primary amides is 1. The molecule has 0 saturated carbocycles. The van der Waals surface area contributed by atoms with Crippen molar-refractivity contribution in [3.05, 3.63) is 0 Å². The summed E-state index contributed by atoms with van der Waals surface area (Å²) in [4.78, 5) is 59.4. The average molecular weight is 464 g/mol. The van der Waals surface area contributed by atoms with E-state index in [2.05, 4.69) is 16.0 Å². The molecule has 0 aromatic carbocycles. The summed E-state index contributed by atoms with van der Waals surface area (Å²) in [6.45, 7) is 2.70. The van der Waals surface area contributed by atoms with Gasteiger partial charge in [0.25, 0.3) is 0 Å². The molecule has 13 heteroatoms. The first-order valence-corrected chi connectivity index (χ1v) is 11.1. The lowest BCUT2D eigenvalue weighted by Crippen LogP contribution is -2.58. The fraction of sp³-hybridized carbons (Fsp3) is 0.722. The van der Waals surface area contributed by atoms with Crippen LogP contribution in [0.25, 0.3) is 0 Å². The number of aliphatic carboxylic acids is 1. The van der Waals surface area contributed by atoms with Gasteiger partial charge in [-0.3, -0.25) is 19.2 Å². The fourth-order valence-electron chi connectivity index (χ4n) is 2.36. The summed E-state index contributed by atoms with van der Waals surface area (Å²) in [6, 6.07) is -4.72. The molecule has 12 nitrogen and oxygen atoms in total. The molecule has 0 aliphatic carbocycles. The Morgan fingerprint density at radius 2 is 1.42 bits per heavy atom. The van der Waals surface area contributed by atoms with E-state index in [1.165, 1.54) is 11.8 Å². The van der Waals surface area contributed by atoms with Gasteiger partial charge < -0.3 is 37.6 Å². The molecule has 0 aromatic heterocycles. The van der Waals surface area contributed by atoms with E-state index in [9.17, 15) is 34.2 Å². The Morgan fingerprint density at radius 1 is 0.903 bits per heavy atom. The van der Waals surface area contributed by atoms with Gasteiger partial charge in [-0.05, 0) is 30.8 Å². The molecule has 9 N–H and O–H groups in total. The molecule has 0 aromatic rings. The van der Waals surface area contributed by atoms with E-state index in [1.807, 2.05) is 6.26 Å². The van der Waals surface area contributed by atoms with Crippen LogP contribution in [0.1, 0.15) is 33.1 Å². The van der Waals surface area contributed by atoms with E-state index in [1.54, 1.807) is 13.8 Å². The summed E-state index contributed by atoms with van der Waals surface area (Å²) in [7, 11) is 0. The highest BCUT2D eigenvalue weighted by molar-refractivity contribution is 7.98. The molecule has 0 bridgehead atoms. The number of nitrogens with two attached hydrogens (primary N) is 2. The summed E-state index contributed by atoms with van der Waals surface area (Å²) >= 11 is 1.45. The van der Waals surface area contributed by atoms with Gasteiger partial charge in [-0.25, -0.2) is 4.79 Å². The third-order valence-corrected chi connectivity index (χ3v) is 5.02. The fourth-order valence-corrected chi connectivity index (χ4v) is 2.83. The molecule has 0 aliphatic heterocycles. The van der Waals surface area contributed by atoms with Gasteiger partial charge in [-0.2, -0.15) is 11.8 Å². The maximum atomic E-state index is 12.6. The Hall–Kier alpha value is -2.38. The largest absolute Gasteiger partial charge is 0.480 e. The van der Waals surface area contributed by atoms with Crippen molar-refractivity contribution >= 4 is 41.4 Å². The quantitative estimate of drug-likeness (QED) is 0.137. The molecule has 0 aliphatic rings. The van der Waals surface area contributed by atoms with Gasteiger partial charge in [-0.15, -0.1) is 0 Å². The van der Waals surface area contributed by atoms with E-state index in [4.69, 9.17) is 11.5 Å². The number of carbonyl (C=O) groups excluding carboxylic acids is 4. The first kappa shape index (κ1) is 28.6. The molecule has 4 atom stereocenters. The third-order valence-electron chi connectivity index (χ3n) is 4.37. The zero-order chi connectivity index (χ0) is 24.1. The number of rotatable bonds is 15. The van der Waals surface area contributed by atoms with Gasteiger partial charge >= 0.3 is 5.97 Å². The Bertz CT molecular complexity index is 647. The lowest BCUT2D eigenvalue weighted by atomic mass is 10.0. The number of aliphatic hydroxyl groups excluding tert-OH is 1. The van der Waals surface area contributed by atoms with Crippen LogP contribution in [0.4, 0.5) is 0 Å². The molecule has 31 heavy (non-hydrogen) atoms. The molecule has 0 saturated heterocycles. The molecule has 4 unspecified atom stereocenters. The number of hydrogen-bond acceptors (Lipinski definition) is 8. The van der Waals surface area contributed by atoms with Crippen molar-refractivity contribution in [2.75, 3.05) is 18.6 Å². The monoisotopic (exact) mass is 463 g/mol. The molecule has 4 amide bonds. The van der Waals surface area contributed by atoms with Crippen molar-refractivity contribution in [3.8, 4) is 0 Å². The maximum Gasteiger partial charge on any atom is 0.326 e. The molecule has 0 spiro atoms. The second-order valence-corrected chi connectivity index (χ2v) is 8.25. The number of aliphatic hydroxyl groups is 1. The number of carboxylic acids is 1. The van der Waals surface area contributed by atoms with Crippen LogP contribution in [0.15, 0.2) is 0 Å². The van der Waals surface area contributed by atoms with Crippen molar-refractivity contribution < 1.29 is 34.2 Å². The predicted octanol–water partition coefficient (Wildman–Crippen LogP) is -2.48. The summed E-state index contributed by atoms with van der Waals surface area (Å²) in [5, 5.41) is 25.7. The summed E-state index contributed by atoms with van der Waals surface area (Å²) in [5.74, 6) is -3.98. The summed E-state index contributed by atoms with van der Waals surface area (Å²) < 4.78 is 0. The highest BCUT2D eigenvalue weighted by Gasteiger charge is 2.30. The van der Waals surface area contributed by atoms with Gasteiger partial charge in [0.15, 0.2) is 0 Å². The van der Waals surface area contributed by atoms with Crippen molar-refractivity contribution in [1.29, 1.82) is 0 Å².